The van der Waals surface area contributed by atoms with Gasteiger partial charge in [-0.05, 0) is 97.4 Å². The van der Waals surface area contributed by atoms with Crippen molar-refractivity contribution in [1.82, 2.24) is 4.57 Å². The first-order valence-corrected chi connectivity index (χ1v) is 17.7. The molecule has 0 aliphatic carbocycles. The number of fused-ring (bicyclic) bond motifs is 7. The first-order chi connectivity index (χ1) is 26.2. The number of nitriles is 2. The normalized spacial score (nSPS) is 11.4. The Balaban J connectivity index is 1.20. The quantitative estimate of drug-likeness (QED) is 0.175. The van der Waals surface area contributed by atoms with Crippen LogP contribution in [0.3, 0.4) is 0 Å². The lowest BCUT2D eigenvalue weighted by Crippen LogP contribution is -1.96. The maximum atomic E-state index is 10.1. The Bertz CT molecular complexity index is 3120. The molecule has 10 aromatic rings. The third-order valence-electron chi connectivity index (χ3n) is 10.6. The van der Waals surface area contributed by atoms with Crippen molar-refractivity contribution in [3.8, 4) is 51.2 Å². The number of benzene rings is 9. The zero-order chi connectivity index (χ0) is 35.5. The van der Waals surface area contributed by atoms with Crippen molar-refractivity contribution in [2.75, 3.05) is 0 Å². The van der Waals surface area contributed by atoms with E-state index in [1.165, 1.54) is 49.4 Å². The minimum absolute atomic E-state index is 0.590. The van der Waals surface area contributed by atoms with Gasteiger partial charge >= 0.3 is 0 Å². The fraction of sp³-hybridized carbons (Fsp3) is 0. The van der Waals surface area contributed by atoms with Gasteiger partial charge in [-0.1, -0.05) is 133 Å². The van der Waals surface area contributed by atoms with Crippen molar-refractivity contribution in [2.45, 2.75) is 0 Å². The van der Waals surface area contributed by atoms with Crippen LogP contribution in [0.25, 0.3) is 93.2 Å². The molecule has 0 bridgehead atoms. The van der Waals surface area contributed by atoms with Crippen LogP contribution in [0.2, 0.25) is 0 Å². The zero-order valence-electron chi connectivity index (χ0n) is 28.6. The Morgan fingerprint density at radius 1 is 0.358 bits per heavy atom. The van der Waals surface area contributed by atoms with E-state index < -0.39 is 0 Å². The summed E-state index contributed by atoms with van der Waals surface area (Å²) < 4.78 is 2.28. The number of aromatic nitrogens is 1. The molecule has 0 aliphatic heterocycles. The standard InChI is InChI=1S/C50H29N3/c51-30-32-21-26-47-45(27-32)46-29-37(31-52)39-15-4-9-20-44(39)50(46)53(47)38-24-22-34(23-25-38)48-40-16-5-7-18-42(40)49(43-19-8-6-17-41(43)48)36-14-10-13-35(28-36)33-11-2-1-3-12-33/h1-29H. The van der Waals surface area contributed by atoms with E-state index in [1.54, 1.807) is 0 Å². The molecule has 0 saturated heterocycles. The van der Waals surface area contributed by atoms with Crippen LogP contribution in [0.4, 0.5) is 0 Å². The second-order valence-electron chi connectivity index (χ2n) is 13.5. The van der Waals surface area contributed by atoms with Crippen molar-refractivity contribution >= 4 is 54.1 Å². The Kier molecular flexibility index (Phi) is 6.93. The largest absolute Gasteiger partial charge is 0.309 e. The zero-order valence-corrected chi connectivity index (χ0v) is 28.6. The first kappa shape index (κ1) is 30.4. The van der Waals surface area contributed by atoms with Crippen molar-refractivity contribution in [1.29, 1.82) is 10.5 Å². The van der Waals surface area contributed by atoms with E-state index in [0.717, 1.165) is 43.8 Å². The van der Waals surface area contributed by atoms with Gasteiger partial charge in [-0.25, -0.2) is 0 Å². The summed E-state index contributed by atoms with van der Waals surface area (Å²) in [4.78, 5) is 0. The number of rotatable bonds is 4. The molecule has 53 heavy (non-hydrogen) atoms. The van der Waals surface area contributed by atoms with Crippen LogP contribution in [0.5, 0.6) is 0 Å². The number of nitrogens with zero attached hydrogens (tertiary/aromatic N) is 3. The molecule has 0 fully saturated rings. The SMILES string of the molecule is N#Cc1ccc2c(c1)c1cc(C#N)c3ccccc3c1n2-c1ccc(-c2c3ccccc3c(-c3cccc(-c4ccccc4)c3)c3ccccc23)cc1. The molecule has 0 radical (unpaired) electrons. The van der Waals surface area contributed by atoms with Gasteiger partial charge in [-0.2, -0.15) is 10.5 Å². The lowest BCUT2D eigenvalue weighted by molar-refractivity contribution is 1.19. The molecule has 0 unspecified atom stereocenters. The van der Waals surface area contributed by atoms with Crippen LogP contribution in [-0.4, -0.2) is 4.57 Å². The highest BCUT2D eigenvalue weighted by atomic mass is 15.0. The summed E-state index contributed by atoms with van der Waals surface area (Å²) in [6, 6.07) is 66.4. The summed E-state index contributed by atoms with van der Waals surface area (Å²) in [5.41, 5.74) is 11.4. The highest BCUT2D eigenvalue weighted by Gasteiger charge is 2.20. The third-order valence-corrected chi connectivity index (χ3v) is 10.6. The molecule has 9 aromatic carbocycles. The van der Waals surface area contributed by atoms with Crippen LogP contribution in [0.1, 0.15) is 11.1 Å². The fourth-order valence-electron chi connectivity index (χ4n) is 8.32. The molecule has 10 rings (SSSR count). The van der Waals surface area contributed by atoms with Crippen LogP contribution in [0, 0.1) is 22.7 Å². The molecule has 0 amide bonds. The summed E-state index contributed by atoms with van der Waals surface area (Å²) in [7, 11) is 0. The lowest BCUT2D eigenvalue weighted by atomic mass is 9.85. The van der Waals surface area contributed by atoms with Crippen molar-refractivity contribution in [3.05, 3.63) is 187 Å². The van der Waals surface area contributed by atoms with Crippen molar-refractivity contribution in [2.24, 2.45) is 0 Å². The third kappa shape index (κ3) is 4.73. The van der Waals surface area contributed by atoms with E-state index in [1.807, 2.05) is 42.5 Å². The van der Waals surface area contributed by atoms with Crippen molar-refractivity contribution in [3.63, 3.8) is 0 Å². The minimum atomic E-state index is 0.590. The maximum absolute atomic E-state index is 10.1. The number of hydrogen-bond acceptors (Lipinski definition) is 2. The molecule has 244 valence electrons. The number of hydrogen-bond donors (Lipinski definition) is 0. The van der Waals surface area contributed by atoms with E-state index in [-0.39, 0.29) is 0 Å². The van der Waals surface area contributed by atoms with E-state index >= 15 is 0 Å². The van der Waals surface area contributed by atoms with E-state index in [4.69, 9.17) is 0 Å². The van der Waals surface area contributed by atoms with Gasteiger partial charge in [-0.3, -0.25) is 0 Å². The van der Waals surface area contributed by atoms with E-state index in [2.05, 4.69) is 150 Å². The summed E-state index contributed by atoms with van der Waals surface area (Å²) >= 11 is 0. The van der Waals surface area contributed by atoms with Crippen LogP contribution < -0.4 is 0 Å². The highest BCUT2D eigenvalue weighted by Crippen LogP contribution is 2.45. The van der Waals surface area contributed by atoms with Gasteiger partial charge < -0.3 is 4.57 Å². The molecule has 0 spiro atoms. The molecule has 3 nitrogen and oxygen atoms in total. The first-order valence-electron chi connectivity index (χ1n) is 17.7. The van der Waals surface area contributed by atoms with Gasteiger partial charge in [0.2, 0.25) is 0 Å². The molecule has 1 aromatic heterocycles. The molecular formula is C50H29N3. The molecule has 0 saturated carbocycles. The van der Waals surface area contributed by atoms with E-state index in [0.29, 0.717) is 11.1 Å². The topological polar surface area (TPSA) is 52.5 Å². The fourth-order valence-corrected chi connectivity index (χ4v) is 8.32. The van der Waals surface area contributed by atoms with E-state index in [9.17, 15) is 10.5 Å². The van der Waals surface area contributed by atoms with Gasteiger partial charge in [0.15, 0.2) is 0 Å². The Morgan fingerprint density at radius 3 is 1.57 bits per heavy atom. The highest BCUT2D eigenvalue weighted by molar-refractivity contribution is 6.22. The molecule has 3 heteroatoms. The van der Waals surface area contributed by atoms with Crippen molar-refractivity contribution < 1.29 is 0 Å². The Hall–Kier alpha value is -7.46. The van der Waals surface area contributed by atoms with Gasteiger partial charge in [0.1, 0.15) is 0 Å². The summed E-state index contributed by atoms with van der Waals surface area (Å²) in [5.74, 6) is 0. The average Bonchev–Trinajstić information content (AvgIpc) is 3.56. The smallest absolute Gasteiger partial charge is 0.0998 e. The monoisotopic (exact) mass is 671 g/mol. The van der Waals surface area contributed by atoms with Gasteiger partial charge in [0.25, 0.3) is 0 Å². The molecular weight excluding hydrogens is 643 g/mol. The molecule has 0 aliphatic rings. The predicted molar refractivity (Wildman–Crippen MR) is 219 cm³/mol. The van der Waals surface area contributed by atoms with Crippen LogP contribution in [-0.2, 0) is 0 Å². The van der Waals surface area contributed by atoms with Gasteiger partial charge in [0, 0.05) is 27.2 Å². The summed E-state index contributed by atoms with van der Waals surface area (Å²) in [5, 5.41) is 28.6. The Labute approximate surface area is 306 Å². The summed E-state index contributed by atoms with van der Waals surface area (Å²) in [6.45, 7) is 0. The van der Waals surface area contributed by atoms with Crippen LogP contribution >= 0.6 is 0 Å². The summed E-state index contributed by atoms with van der Waals surface area (Å²) in [6.07, 6.45) is 0. The average molecular weight is 672 g/mol. The van der Waals surface area contributed by atoms with Gasteiger partial charge in [0.05, 0.1) is 34.3 Å². The Morgan fingerprint density at radius 2 is 0.925 bits per heavy atom. The molecule has 0 atom stereocenters. The molecule has 0 N–H and O–H groups in total. The minimum Gasteiger partial charge on any atom is -0.309 e. The maximum Gasteiger partial charge on any atom is 0.0998 e. The predicted octanol–water partition coefficient (Wildman–Crippen LogP) is 13.0. The second kappa shape index (κ2) is 12.1. The van der Waals surface area contributed by atoms with Gasteiger partial charge in [-0.15, -0.1) is 0 Å². The second-order valence-corrected chi connectivity index (χ2v) is 13.5. The molecule has 1 heterocycles. The van der Waals surface area contributed by atoms with Crippen LogP contribution in [0.15, 0.2) is 176 Å². The lowest BCUT2D eigenvalue weighted by Gasteiger charge is -2.18.